The third-order valence-corrected chi connectivity index (χ3v) is 3.13. The summed E-state index contributed by atoms with van der Waals surface area (Å²) in [6, 6.07) is 17.9. The fourth-order valence-electron chi connectivity index (χ4n) is 1.98. The van der Waals surface area contributed by atoms with Crippen LogP contribution in [0, 0.1) is 0 Å². The minimum atomic E-state index is 0.0868. The summed E-state index contributed by atoms with van der Waals surface area (Å²) in [6.45, 7) is 8.32. The van der Waals surface area contributed by atoms with E-state index in [2.05, 4.69) is 32.2 Å². The zero-order valence-electron chi connectivity index (χ0n) is 13.6. The summed E-state index contributed by atoms with van der Waals surface area (Å²) in [5.74, 6) is 1.78. The van der Waals surface area contributed by atoms with Crippen LogP contribution in [0.3, 0.4) is 0 Å². The molecule has 0 atom stereocenters. The van der Waals surface area contributed by atoms with Gasteiger partial charge in [-0.2, -0.15) is 0 Å². The van der Waals surface area contributed by atoms with Crippen molar-refractivity contribution in [2.45, 2.75) is 32.9 Å². The molecule has 0 radical (unpaired) electrons. The van der Waals surface area contributed by atoms with Crippen LogP contribution in [-0.2, 0) is 6.54 Å². The maximum Gasteiger partial charge on any atom is 0.123 e. The summed E-state index contributed by atoms with van der Waals surface area (Å²) in [5, 5.41) is 3.48. The van der Waals surface area contributed by atoms with E-state index in [0.717, 1.165) is 23.6 Å². The van der Waals surface area contributed by atoms with E-state index in [4.69, 9.17) is 9.47 Å². The van der Waals surface area contributed by atoms with Crippen LogP contribution in [0.1, 0.15) is 26.3 Å². The molecule has 118 valence electrons. The van der Waals surface area contributed by atoms with Gasteiger partial charge in [0.2, 0.25) is 0 Å². The Hall–Kier alpha value is -2.00. The Bertz CT molecular complexity index is 561. The lowest BCUT2D eigenvalue weighted by Gasteiger charge is -2.21. The van der Waals surface area contributed by atoms with Gasteiger partial charge in [-0.05, 0) is 39.0 Å². The molecule has 3 heteroatoms. The average molecular weight is 299 g/mol. The second-order valence-electron chi connectivity index (χ2n) is 6.22. The van der Waals surface area contributed by atoms with E-state index >= 15 is 0 Å². The highest BCUT2D eigenvalue weighted by atomic mass is 16.5. The monoisotopic (exact) mass is 299 g/mol. The van der Waals surface area contributed by atoms with Crippen molar-refractivity contribution in [3.8, 4) is 11.5 Å². The van der Waals surface area contributed by atoms with Gasteiger partial charge in [0.15, 0.2) is 0 Å². The molecule has 0 saturated heterocycles. The first-order valence-electron chi connectivity index (χ1n) is 7.68. The molecule has 1 N–H and O–H groups in total. The SMILES string of the molecule is CC(C)(C)NCc1ccccc1OCCOc1ccccc1. The summed E-state index contributed by atoms with van der Waals surface area (Å²) in [7, 11) is 0. The first-order valence-corrected chi connectivity index (χ1v) is 7.68. The lowest BCUT2D eigenvalue weighted by atomic mass is 10.1. The highest BCUT2D eigenvalue weighted by Crippen LogP contribution is 2.18. The summed E-state index contributed by atoms with van der Waals surface area (Å²) < 4.78 is 11.5. The molecular formula is C19H25NO2. The Labute approximate surface area is 133 Å². The normalized spacial score (nSPS) is 11.2. The molecule has 0 spiro atoms. The van der Waals surface area contributed by atoms with Gasteiger partial charge in [0.05, 0.1) is 0 Å². The Morgan fingerprint density at radius 1 is 0.818 bits per heavy atom. The highest BCUT2D eigenvalue weighted by molar-refractivity contribution is 5.33. The number of hydrogen-bond donors (Lipinski definition) is 1. The van der Waals surface area contributed by atoms with Crippen LogP contribution in [-0.4, -0.2) is 18.8 Å². The second kappa shape index (κ2) is 7.85. The Morgan fingerprint density at radius 2 is 1.45 bits per heavy atom. The molecule has 0 bridgehead atoms. The van der Waals surface area contributed by atoms with Gasteiger partial charge in [-0.3, -0.25) is 0 Å². The van der Waals surface area contributed by atoms with E-state index in [0.29, 0.717) is 13.2 Å². The van der Waals surface area contributed by atoms with Gasteiger partial charge in [-0.1, -0.05) is 36.4 Å². The molecule has 22 heavy (non-hydrogen) atoms. The summed E-state index contributed by atoms with van der Waals surface area (Å²) in [4.78, 5) is 0. The summed E-state index contributed by atoms with van der Waals surface area (Å²) in [5.41, 5.74) is 1.25. The molecule has 3 nitrogen and oxygen atoms in total. The smallest absolute Gasteiger partial charge is 0.123 e. The quantitative estimate of drug-likeness (QED) is 0.783. The van der Waals surface area contributed by atoms with E-state index in [-0.39, 0.29) is 5.54 Å². The van der Waals surface area contributed by atoms with Crippen molar-refractivity contribution in [2.75, 3.05) is 13.2 Å². The molecule has 0 aromatic heterocycles. The fourth-order valence-corrected chi connectivity index (χ4v) is 1.98. The van der Waals surface area contributed by atoms with Crippen LogP contribution in [0.15, 0.2) is 54.6 Å². The molecule has 0 fully saturated rings. The van der Waals surface area contributed by atoms with Crippen molar-refractivity contribution >= 4 is 0 Å². The Kier molecular flexibility index (Phi) is 5.84. The number of para-hydroxylation sites is 2. The van der Waals surface area contributed by atoms with Gasteiger partial charge < -0.3 is 14.8 Å². The third kappa shape index (κ3) is 5.78. The van der Waals surface area contributed by atoms with E-state index in [1.54, 1.807) is 0 Å². The lowest BCUT2D eigenvalue weighted by molar-refractivity contribution is 0.215. The van der Waals surface area contributed by atoms with Gasteiger partial charge in [0.25, 0.3) is 0 Å². The Morgan fingerprint density at radius 3 is 2.18 bits per heavy atom. The van der Waals surface area contributed by atoms with Crippen molar-refractivity contribution < 1.29 is 9.47 Å². The predicted molar refractivity (Wildman–Crippen MR) is 90.5 cm³/mol. The van der Waals surface area contributed by atoms with Crippen LogP contribution in [0.25, 0.3) is 0 Å². The largest absolute Gasteiger partial charge is 0.490 e. The molecule has 0 aliphatic rings. The molecule has 0 saturated carbocycles. The van der Waals surface area contributed by atoms with Gasteiger partial charge in [-0.15, -0.1) is 0 Å². The van der Waals surface area contributed by atoms with Crippen molar-refractivity contribution in [3.05, 3.63) is 60.2 Å². The number of rotatable bonds is 7. The molecule has 0 amide bonds. The number of hydrogen-bond acceptors (Lipinski definition) is 3. The predicted octanol–water partition coefficient (Wildman–Crippen LogP) is 4.03. The molecule has 2 aromatic rings. The van der Waals surface area contributed by atoms with Gasteiger partial charge >= 0.3 is 0 Å². The molecule has 0 unspecified atom stereocenters. The van der Waals surface area contributed by atoms with E-state index in [1.807, 2.05) is 48.5 Å². The van der Waals surface area contributed by atoms with Crippen molar-refractivity contribution in [1.82, 2.24) is 5.32 Å². The van der Waals surface area contributed by atoms with Gasteiger partial charge in [0.1, 0.15) is 24.7 Å². The molecular weight excluding hydrogens is 274 g/mol. The number of nitrogens with one attached hydrogen (secondary N) is 1. The van der Waals surface area contributed by atoms with Crippen LogP contribution in [0.5, 0.6) is 11.5 Å². The average Bonchev–Trinajstić information content (AvgIpc) is 2.51. The maximum atomic E-state index is 5.86. The number of ether oxygens (including phenoxy) is 2. The molecule has 2 aromatic carbocycles. The topological polar surface area (TPSA) is 30.5 Å². The van der Waals surface area contributed by atoms with Crippen molar-refractivity contribution in [1.29, 1.82) is 0 Å². The van der Waals surface area contributed by atoms with E-state index < -0.39 is 0 Å². The first kappa shape index (κ1) is 16.4. The second-order valence-corrected chi connectivity index (χ2v) is 6.22. The minimum Gasteiger partial charge on any atom is -0.490 e. The van der Waals surface area contributed by atoms with Gasteiger partial charge in [0, 0.05) is 17.6 Å². The highest BCUT2D eigenvalue weighted by Gasteiger charge is 2.10. The first-order chi connectivity index (χ1) is 10.5. The zero-order chi connectivity index (χ0) is 15.8. The van der Waals surface area contributed by atoms with E-state index in [9.17, 15) is 0 Å². The lowest BCUT2D eigenvalue weighted by Crippen LogP contribution is -2.35. The van der Waals surface area contributed by atoms with E-state index in [1.165, 1.54) is 0 Å². The molecule has 0 heterocycles. The van der Waals surface area contributed by atoms with Crippen LogP contribution in [0.4, 0.5) is 0 Å². The Balaban J connectivity index is 1.82. The van der Waals surface area contributed by atoms with Crippen LogP contribution in [0.2, 0.25) is 0 Å². The maximum absolute atomic E-state index is 5.86. The van der Waals surface area contributed by atoms with Crippen molar-refractivity contribution in [2.24, 2.45) is 0 Å². The van der Waals surface area contributed by atoms with Crippen LogP contribution < -0.4 is 14.8 Å². The molecule has 0 aliphatic heterocycles. The summed E-state index contributed by atoms with van der Waals surface area (Å²) >= 11 is 0. The summed E-state index contributed by atoms with van der Waals surface area (Å²) in [6.07, 6.45) is 0. The van der Waals surface area contributed by atoms with Crippen LogP contribution >= 0.6 is 0 Å². The zero-order valence-corrected chi connectivity index (χ0v) is 13.6. The van der Waals surface area contributed by atoms with Crippen molar-refractivity contribution in [3.63, 3.8) is 0 Å². The fraction of sp³-hybridized carbons (Fsp3) is 0.368. The third-order valence-electron chi connectivity index (χ3n) is 3.13. The molecule has 2 rings (SSSR count). The standard InChI is InChI=1S/C19H25NO2/c1-19(2,3)20-15-16-9-7-8-12-18(16)22-14-13-21-17-10-5-4-6-11-17/h4-12,20H,13-15H2,1-3H3. The van der Waals surface area contributed by atoms with Gasteiger partial charge in [-0.25, -0.2) is 0 Å². The minimum absolute atomic E-state index is 0.0868. The molecule has 0 aliphatic carbocycles. The number of benzene rings is 2.